The first kappa shape index (κ1) is 8.56. The Morgan fingerprint density at radius 3 is 2.69 bits per heavy atom. The van der Waals surface area contributed by atoms with Crippen LogP contribution in [0, 0.1) is 5.82 Å². The molecule has 2 rings (SSSR count). The summed E-state index contributed by atoms with van der Waals surface area (Å²) in [5, 5.41) is 0. The average molecular weight is 184 g/mol. The minimum absolute atomic E-state index is 0.103. The van der Waals surface area contributed by atoms with Crippen molar-refractivity contribution in [1.29, 1.82) is 0 Å². The van der Waals surface area contributed by atoms with Gasteiger partial charge in [-0.05, 0) is 6.07 Å². The molecule has 1 fully saturated rings. The van der Waals surface area contributed by atoms with Gasteiger partial charge in [-0.25, -0.2) is 8.78 Å². The lowest BCUT2D eigenvalue weighted by Gasteiger charge is -2.39. The monoisotopic (exact) mass is 184 g/mol. The highest BCUT2D eigenvalue weighted by molar-refractivity contribution is 5.23. The number of pyridine rings is 1. The zero-order valence-corrected chi connectivity index (χ0v) is 7.00. The van der Waals surface area contributed by atoms with Crippen LogP contribution in [0.3, 0.4) is 0 Å². The molecule has 0 bridgehead atoms. The summed E-state index contributed by atoms with van der Waals surface area (Å²) in [4.78, 5) is 3.60. The predicted octanol–water partition coefficient (Wildman–Crippen LogP) is 1.51. The summed E-state index contributed by atoms with van der Waals surface area (Å²) in [5.41, 5.74) is 4.33. The summed E-state index contributed by atoms with van der Waals surface area (Å²) >= 11 is 0. The van der Waals surface area contributed by atoms with E-state index in [1.807, 2.05) is 0 Å². The second kappa shape index (κ2) is 2.73. The Hall–Kier alpha value is -1.03. The lowest BCUT2D eigenvalue weighted by atomic mass is 9.74. The molecular formula is C9H10F2N2. The van der Waals surface area contributed by atoms with Crippen LogP contribution in [-0.2, 0) is 5.67 Å². The molecule has 70 valence electrons. The van der Waals surface area contributed by atoms with Gasteiger partial charge < -0.3 is 5.73 Å². The zero-order valence-electron chi connectivity index (χ0n) is 7.00. The summed E-state index contributed by atoms with van der Waals surface area (Å²) in [6.07, 6.45) is 2.94. The van der Waals surface area contributed by atoms with Crippen molar-refractivity contribution in [1.82, 2.24) is 4.98 Å². The van der Waals surface area contributed by atoms with Gasteiger partial charge in [0.15, 0.2) is 0 Å². The van der Waals surface area contributed by atoms with E-state index in [9.17, 15) is 8.78 Å². The number of rotatable bonds is 1. The van der Waals surface area contributed by atoms with Crippen LogP contribution >= 0.6 is 0 Å². The van der Waals surface area contributed by atoms with Crippen molar-refractivity contribution >= 4 is 0 Å². The topological polar surface area (TPSA) is 38.9 Å². The van der Waals surface area contributed by atoms with E-state index in [-0.39, 0.29) is 18.9 Å². The fourth-order valence-electron chi connectivity index (χ4n) is 1.66. The molecule has 1 aliphatic rings. The molecule has 1 aliphatic carbocycles. The number of alkyl halides is 1. The van der Waals surface area contributed by atoms with Gasteiger partial charge in [0.1, 0.15) is 11.5 Å². The summed E-state index contributed by atoms with van der Waals surface area (Å²) in [7, 11) is 0. The Labute approximate surface area is 74.8 Å². The smallest absolute Gasteiger partial charge is 0.141 e. The molecule has 0 atom stereocenters. The molecule has 0 saturated heterocycles. The van der Waals surface area contributed by atoms with E-state index in [1.165, 1.54) is 12.3 Å². The summed E-state index contributed by atoms with van der Waals surface area (Å²) in [5.74, 6) is -0.505. The van der Waals surface area contributed by atoms with E-state index < -0.39 is 11.5 Å². The van der Waals surface area contributed by atoms with Crippen LogP contribution in [0.25, 0.3) is 0 Å². The standard InChI is InChI=1S/C9H10F2N2/c10-7-1-6(4-13-5-7)9(11)2-8(12)3-9/h1,4-5,8H,2-3,12H2. The van der Waals surface area contributed by atoms with E-state index in [0.29, 0.717) is 5.56 Å². The average Bonchev–Trinajstić information content (AvgIpc) is 2.02. The van der Waals surface area contributed by atoms with Crippen LogP contribution in [0.4, 0.5) is 8.78 Å². The lowest BCUT2D eigenvalue weighted by Crippen LogP contribution is -2.46. The van der Waals surface area contributed by atoms with Gasteiger partial charge in [0, 0.05) is 30.6 Å². The molecule has 0 radical (unpaired) electrons. The number of halogens is 2. The Balaban J connectivity index is 2.26. The molecule has 0 unspecified atom stereocenters. The van der Waals surface area contributed by atoms with Crippen LogP contribution in [0.15, 0.2) is 18.5 Å². The molecule has 1 aromatic rings. The van der Waals surface area contributed by atoms with Crippen molar-refractivity contribution < 1.29 is 8.78 Å². The SMILES string of the molecule is NC1CC(F)(c2cncc(F)c2)C1. The minimum Gasteiger partial charge on any atom is -0.327 e. The number of nitrogens with two attached hydrogens (primary N) is 1. The second-order valence-corrected chi connectivity index (χ2v) is 3.53. The van der Waals surface area contributed by atoms with Crippen LogP contribution in [0.5, 0.6) is 0 Å². The quantitative estimate of drug-likeness (QED) is 0.718. The number of hydrogen-bond acceptors (Lipinski definition) is 2. The molecule has 0 aliphatic heterocycles. The molecule has 13 heavy (non-hydrogen) atoms. The van der Waals surface area contributed by atoms with Crippen LogP contribution in [0.2, 0.25) is 0 Å². The molecule has 0 aromatic carbocycles. The van der Waals surface area contributed by atoms with Gasteiger partial charge >= 0.3 is 0 Å². The lowest BCUT2D eigenvalue weighted by molar-refractivity contribution is 0.0399. The Kier molecular flexibility index (Phi) is 1.80. The maximum atomic E-state index is 13.8. The molecule has 4 heteroatoms. The maximum absolute atomic E-state index is 13.8. The third kappa shape index (κ3) is 1.42. The van der Waals surface area contributed by atoms with Crippen molar-refractivity contribution in [2.45, 2.75) is 24.6 Å². The van der Waals surface area contributed by atoms with Crippen molar-refractivity contribution in [3.05, 3.63) is 29.8 Å². The Morgan fingerprint density at radius 1 is 1.46 bits per heavy atom. The third-order valence-electron chi connectivity index (χ3n) is 2.39. The fourth-order valence-corrected chi connectivity index (χ4v) is 1.66. The molecule has 1 heterocycles. The second-order valence-electron chi connectivity index (χ2n) is 3.53. The van der Waals surface area contributed by atoms with Gasteiger partial charge in [-0.15, -0.1) is 0 Å². The fraction of sp³-hybridized carbons (Fsp3) is 0.444. The molecule has 2 nitrogen and oxygen atoms in total. The van der Waals surface area contributed by atoms with Crippen molar-refractivity contribution in [3.8, 4) is 0 Å². The van der Waals surface area contributed by atoms with Gasteiger partial charge in [-0.1, -0.05) is 0 Å². The third-order valence-corrected chi connectivity index (χ3v) is 2.39. The highest BCUT2D eigenvalue weighted by Gasteiger charge is 2.44. The number of nitrogens with zero attached hydrogens (tertiary/aromatic N) is 1. The van der Waals surface area contributed by atoms with Crippen LogP contribution in [-0.4, -0.2) is 11.0 Å². The first-order valence-corrected chi connectivity index (χ1v) is 4.16. The highest BCUT2D eigenvalue weighted by atomic mass is 19.1. The van der Waals surface area contributed by atoms with E-state index in [2.05, 4.69) is 4.98 Å². The maximum Gasteiger partial charge on any atom is 0.141 e. The van der Waals surface area contributed by atoms with Gasteiger partial charge in [-0.2, -0.15) is 0 Å². The molecule has 0 amide bonds. The van der Waals surface area contributed by atoms with Gasteiger partial charge in [0.05, 0.1) is 6.20 Å². The van der Waals surface area contributed by atoms with Crippen molar-refractivity contribution in [3.63, 3.8) is 0 Å². The first-order valence-electron chi connectivity index (χ1n) is 4.16. The van der Waals surface area contributed by atoms with E-state index in [0.717, 1.165) is 6.20 Å². The van der Waals surface area contributed by atoms with E-state index >= 15 is 0 Å². The molecule has 2 N–H and O–H groups in total. The first-order chi connectivity index (χ1) is 6.10. The molecule has 1 saturated carbocycles. The van der Waals surface area contributed by atoms with Crippen LogP contribution in [0.1, 0.15) is 18.4 Å². The Morgan fingerprint density at radius 2 is 2.15 bits per heavy atom. The molecular weight excluding hydrogens is 174 g/mol. The number of aromatic nitrogens is 1. The summed E-state index contributed by atoms with van der Waals surface area (Å²) < 4.78 is 26.5. The molecule has 1 aromatic heterocycles. The van der Waals surface area contributed by atoms with Crippen LogP contribution < -0.4 is 5.73 Å². The van der Waals surface area contributed by atoms with E-state index in [4.69, 9.17) is 5.73 Å². The van der Waals surface area contributed by atoms with Gasteiger partial charge in [0.2, 0.25) is 0 Å². The van der Waals surface area contributed by atoms with E-state index in [1.54, 1.807) is 0 Å². The summed E-state index contributed by atoms with van der Waals surface area (Å²) in [6.45, 7) is 0. The largest absolute Gasteiger partial charge is 0.327 e. The Bertz CT molecular complexity index is 321. The number of hydrogen-bond donors (Lipinski definition) is 1. The van der Waals surface area contributed by atoms with Gasteiger partial charge in [0.25, 0.3) is 0 Å². The molecule has 0 spiro atoms. The van der Waals surface area contributed by atoms with Crippen molar-refractivity contribution in [2.75, 3.05) is 0 Å². The zero-order chi connectivity index (χ0) is 9.47. The normalized spacial score (nSPS) is 32.7. The van der Waals surface area contributed by atoms with Gasteiger partial charge in [-0.3, -0.25) is 4.98 Å². The predicted molar refractivity (Wildman–Crippen MR) is 44.2 cm³/mol. The summed E-state index contributed by atoms with van der Waals surface area (Å²) in [6, 6.07) is 1.08. The minimum atomic E-state index is -1.45. The van der Waals surface area contributed by atoms with Crippen molar-refractivity contribution in [2.24, 2.45) is 5.73 Å². The highest BCUT2D eigenvalue weighted by Crippen LogP contribution is 2.43.